The first kappa shape index (κ1) is 20.7. The average molecular weight is 444 g/mol. The lowest BCUT2D eigenvalue weighted by Crippen LogP contribution is -2.48. The van der Waals surface area contributed by atoms with Gasteiger partial charge in [0.1, 0.15) is 5.75 Å². The Hall–Kier alpha value is -2.17. The molecule has 0 amide bonds. The van der Waals surface area contributed by atoms with E-state index in [9.17, 15) is 4.55 Å². The number of hydrogen-bond donors (Lipinski definition) is 1. The molecule has 8 nitrogen and oxygen atoms in total. The predicted octanol–water partition coefficient (Wildman–Crippen LogP) is 2.81. The van der Waals surface area contributed by atoms with Crippen molar-refractivity contribution in [2.75, 3.05) is 33.0 Å². The molecule has 3 aromatic rings. The number of aromatic nitrogens is 3. The second kappa shape index (κ2) is 9.13. The SMILES string of the molecule is [O-][S+](Cc1cc(OCC2COC3(CCOCC3)OC2)ccn1)c1nc2ccccc2[nH]1. The van der Waals surface area contributed by atoms with Crippen molar-refractivity contribution in [3.05, 3.63) is 48.3 Å². The van der Waals surface area contributed by atoms with Crippen LogP contribution in [-0.2, 0) is 31.1 Å². The van der Waals surface area contributed by atoms with Gasteiger partial charge in [0, 0.05) is 42.2 Å². The number of imidazole rings is 1. The second-order valence-corrected chi connectivity index (χ2v) is 9.22. The molecule has 1 unspecified atom stereocenters. The Kier molecular flexibility index (Phi) is 6.10. The standard InChI is InChI=1S/C22H25N3O5S/c26-31(21-24-19-3-1-2-4-20(19)25-21)15-17-11-18(5-8-23-17)28-12-16-13-29-22(30-14-16)6-9-27-10-7-22/h1-5,8,11,16H,6-7,9-10,12-15H2,(H,24,25). The van der Waals surface area contributed by atoms with E-state index in [4.69, 9.17) is 18.9 Å². The van der Waals surface area contributed by atoms with Crippen LogP contribution in [0.25, 0.3) is 11.0 Å². The summed E-state index contributed by atoms with van der Waals surface area (Å²) >= 11 is -1.32. The number of nitrogens with zero attached hydrogens (tertiary/aromatic N) is 2. The normalized spacial score (nSPS) is 20.2. The maximum atomic E-state index is 12.7. The molecular formula is C22H25N3O5S. The largest absolute Gasteiger partial charge is 0.609 e. The molecule has 1 N–H and O–H groups in total. The smallest absolute Gasteiger partial charge is 0.322 e. The first-order valence-electron chi connectivity index (χ1n) is 10.5. The van der Waals surface area contributed by atoms with Crippen molar-refractivity contribution in [3.63, 3.8) is 0 Å². The highest BCUT2D eigenvalue weighted by Gasteiger charge is 2.39. The van der Waals surface area contributed by atoms with Crippen LogP contribution in [0.4, 0.5) is 0 Å². The van der Waals surface area contributed by atoms with Crippen LogP contribution in [-0.4, -0.2) is 58.3 Å². The monoisotopic (exact) mass is 443 g/mol. The summed E-state index contributed by atoms with van der Waals surface area (Å²) in [4.78, 5) is 11.9. The van der Waals surface area contributed by atoms with E-state index in [1.807, 2.05) is 30.3 Å². The summed E-state index contributed by atoms with van der Waals surface area (Å²) < 4.78 is 36.1. The van der Waals surface area contributed by atoms with Crippen molar-refractivity contribution in [2.45, 2.75) is 29.5 Å². The van der Waals surface area contributed by atoms with Crippen molar-refractivity contribution in [1.29, 1.82) is 0 Å². The van der Waals surface area contributed by atoms with Crippen LogP contribution in [0, 0.1) is 5.92 Å². The number of para-hydroxylation sites is 2. The Labute approximate surface area is 183 Å². The van der Waals surface area contributed by atoms with Crippen LogP contribution >= 0.6 is 0 Å². The highest BCUT2D eigenvalue weighted by molar-refractivity contribution is 7.90. The van der Waals surface area contributed by atoms with Gasteiger partial charge in [-0.3, -0.25) is 9.97 Å². The summed E-state index contributed by atoms with van der Waals surface area (Å²) in [6, 6.07) is 11.3. The molecule has 164 valence electrons. The molecule has 31 heavy (non-hydrogen) atoms. The molecule has 2 fully saturated rings. The van der Waals surface area contributed by atoms with Crippen LogP contribution in [0.1, 0.15) is 18.5 Å². The molecular weight excluding hydrogens is 418 g/mol. The summed E-state index contributed by atoms with van der Waals surface area (Å²) in [5.41, 5.74) is 2.36. The zero-order valence-electron chi connectivity index (χ0n) is 17.1. The van der Waals surface area contributed by atoms with E-state index in [0.717, 1.165) is 23.9 Å². The van der Waals surface area contributed by atoms with Gasteiger partial charge in [0.2, 0.25) is 0 Å². The molecule has 2 aliphatic heterocycles. The minimum absolute atomic E-state index is 0.162. The van der Waals surface area contributed by atoms with Crippen LogP contribution < -0.4 is 4.74 Å². The molecule has 2 aromatic heterocycles. The lowest BCUT2D eigenvalue weighted by Gasteiger charge is -2.42. The van der Waals surface area contributed by atoms with Gasteiger partial charge < -0.3 is 23.5 Å². The first-order valence-corrected chi connectivity index (χ1v) is 11.8. The fraction of sp³-hybridized carbons (Fsp3) is 0.455. The second-order valence-electron chi connectivity index (χ2n) is 7.85. The third-order valence-electron chi connectivity index (χ3n) is 5.55. The predicted molar refractivity (Wildman–Crippen MR) is 114 cm³/mol. The molecule has 0 radical (unpaired) electrons. The zero-order valence-corrected chi connectivity index (χ0v) is 17.9. The third kappa shape index (κ3) is 4.86. The summed E-state index contributed by atoms with van der Waals surface area (Å²) in [5.74, 6) is 0.643. The van der Waals surface area contributed by atoms with Gasteiger partial charge in [0.15, 0.2) is 11.5 Å². The number of benzene rings is 1. The van der Waals surface area contributed by atoms with Crippen molar-refractivity contribution >= 4 is 22.2 Å². The topological polar surface area (TPSA) is 102 Å². The van der Waals surface area contributed by atoms with Gasteiger partial charge in [-0.25, -0.2) is 0 Å². The third-order valence-corrected chi connectivity index (χ3v) is 6.74. The highest BCUT2D eigenvalue weighted by atomic mass is 32.2. The molecule has 0 bridgehead atoms. The van der Waals surface area contributed by atoms with E-state index >= 15 is 0 Å². The van der Waals surface area contributed by atoms with Gasteiger partial charge in [-0.1, -0.05) is 12.1 Å². The minimum atomic E-state index is -1.32. The number of aromatic amines is 1. The van der Waals surface area contributed by atoms with Gasteiger partial charge in [-0.15, -0.1) is 0 Å². The quantitative estimate of drug-likeness (QED) is 0.585. The minimum Gasteiger partial charge on any atom is -0.609 e. The Morgan fingerprint density at radius 3 is 2.77 bits per heavy atom. The summed E-state index contributed by atoms with van der Waals surface area (Å²) in [5, 5.41) is 0.452. The Morgan fingerprint density at radius 1 is 1.16 bits per heavy atom. The van der Waals surface area contributed by atoms with E-state index in [2.05, 4.69) is 15.0 Å². The Balaban J connectivity index is 1.15. The lowest BCUT2D eigenvalue weighted by molar-refractivity contribution is -0.308. The number of rotatable bonds is 6. The molecule has 4 heterocycles. The van der Waals surface area contributed by atoms with Crippen LogP contribution in [0.15, 0.2) is 47.8 Å². The van der Waals surface area contributed by atoms with E-state index in [-0.39, 0.29) is 11.7 Å². The van der Waals surface area contributed by atoms with Crippen molar-refractivity contribution in [3.8, 4) is 5.75 Å². The maximum absolute atomic E-state index is 12.7. The Bertz CT molecular complexity index is 980. The molecule has 0 aliphatic carbocycles. The van der Waals surface area contributed by atoms with Gasteiger partial charge in [-0.2, -0.15) is 4.98 Å². The van der Waals surface area contributed by atoms with Gasteiger partial charge >= 0.3 is 5.16 Å². The number of nitrogens with one attached hydrogen (secondary N) is 1. The number of fused-ring (bicyclic) bond motifs is 1. The molecule has 1 aromatic carbocycles. The number of hydrogen-bond acceptors (Lipinski definition) is 7. The molecule has 5 rings (SSSR count). The average Bonchev–Trinajstić information content (AvgIpc) is 3.24. The number of pyridine rings is 1. The fourth-order valence-corrected chi connectivity index (χ4v) is 4.76. The van der Waals surface area contributed by atoms with Gasteiger partial charge in [-0.05, 0) is 18.2 Å². The first-order chi connectivity index (χ1) is 15.2. The molecule has 9 heteroatoms. The van der Waals surface area contributed by atoms with Crippen molar-refractivity contribution in [1.82, 2.24) is 15.0 Å². The summed E-state index contributed by atoms with van der Waals surface area (Å²) in [6.45, 7) is 3.05. The summed E-state index contributed by atoms with van der Waals surface area (Å²) in [7, 11) is 0. The number of H-pyrrole nitrogens is 1. The van der Waals surface area contributed by atoms with Crippen molar-refractivity contribution in [2.24, 2.45) is 5.92 Å². The van der Waals surface area contributed by atoms with E-state index < -0.39 is 17.0 Å². The van der Waals surface area contributed by atoms with E-state index in [1.54, 1.807) is 12.3 Å². The molecule has 0 saturated carbocycles. The van der Waals surface area contributed by atoms with E-state index in [0.29, 0.717) is 49.6 Å². The van der Waals surface area contributed by atoms with Gasteiger partial charge in [0.05, 0.1) is 49.8 Å². The Morgan fingerprint density at radius 2 is 1.97 bits per heavy atom. The zero-order chi connectivity index (χ0) is 21.1. The summed E-state index contributed by atoms with van der Waals surface area (Å²) in [6.07, 6.45) is 3.22. The molecule has 2 aliphatic rings. The molecule has 1 atom stereocenters. The lowest BCUT2D eigenvalue weighted by atomic mass is 10.0. The molecule has 2 saturated heterocycles. The highest BCUT2D eigenvalue weighted by Crippen LogP contribution is 2.31. The van der Waals surface area contributed by atoms with Crippen LogP contribution in [0.5, 0.6) is 5.75 Å². The van der Waals surface area contributed by atoms with Crippen LogP contribution in [0.3, 0.4) is 0 Å². The van der Waals surface area contributed by atoms with E-state index in [1.165, 1.54) is 0 Å². The van der Waals surface area contributed by atoms with Crippen LogP contribution in [0.2, 0.25) is 0 Å². The van der Waals surface area contributed by atoms with Crippen molar-refractivity contribution < 1.29 is 23.5 Å². The maximum Gasteiger partial charge on any atom is 0.322 e. The number of ether oxygens (including phenoxy) is 4. The van der Waals surface area contributed by atoms with Gasteiger partial charge in [0.25, 0.3) is 0 Å². The molecule has 1 spiro atoms. The fourth-order valence-electron chi connectivity index (χ4n) is 3.78.